The highest BCUT2D eigenvalue weighted by molar-refractivity contribution is 5.28. The molecule has 1 N–H and O–H groups in total. The maximum atomic E-state index is 5.36. The van der Waals surface area contributed by atoms with Gasteiger partial charge in [0.1, 0.15) is 0 Å². The number of hydrogen-bond acceptors (Lipinski definition) is 5. The number of likely N-dealkylation sites (N-methyl/N-ethyl adjacent to an activating group) is 1. The fraction of sp³-hybridized carbons (Fsp3) is 0.846. The molecule has 0 bridgehead atoms. The van der Waals surface area contributed by atoms with Gasteiger partial charge in [0.2, 0.25) is 5.89 Å². The van der Waals surface area contributed by atoms with Crippen molar-refractivity contribution in [2.24, 2.45) is 5.92 Å². The predicted octanol–water partition coefficient (Wildman–Crippen LogP) is 1.85. The largest absolute Gasteiger partial charge is 0.338 e. The Balaban J connectivity index is 1.96. The smallest absolute Gasteiger partial charge is 0.266 e. The van der Waals surface area contributed by atoms with Gasteiger partial charge < -0.3 is 14.7 Å². The molecule has 0 saturated carbocycles. The van der Waals surface area contributed by atoms with Gasteiger partial charge in [-0.25, -0.2) is 0 Å². The predicted molar refractivity (Wildman–Crippen MR) is 71.8 cm³/mol. The Morgan fingerprint density at radius 1 is 1.33 bits per heavy atom. The summed E-state index contributed by atoms with van der Waals surface area (Å²) in [5.74, 6) is 2.07. The average molecular weight is 252 g/mol. The third-order valence-electron chi connectivity index (χ3n) is 3.51. The van der Waals surface area contributed by atoms with Crippen LogP contribution >= 0.6 is 0 Å². The van der Waals surface area contributed by atoms with Gasteiger partial charge in [0.15, 0.2) is 0 Å². The van der Waals surface area contributed by atoms with Crippen molar-refractivity contribution < 1.29 is 4.52 Å². The highest BCUT2D eigenvalue weighted by atomic mass is 16.5. The first-order valence-corrected chi connectivity index (χ1v) is 7.01. The van der Waals surface area contributed by atoms with E-state index in [9.17, 15) is 0 Å². The molecular formula is C13H24N4O. The van der Waals surface area contributed by atoms with Crippen LogP contribution in [0.1, 0.15) is 39.5 Å². The summed E-state index contributed by atoms with van der Waals surface area (Å²) in [6.07, 6.45) is 3.28. The Morgan fingerprint density at radius 2 is 2.06 bits per heavy atom. The maximum Gasteiger partial charge on any atom is 0.266 e. The molecule has 5 nitrogen and oxygen atoms in total. The molecule has 0 spiro atoms. The van der Waals surface area contributed by atoms with Gasteiger partial charge in [0, 0.05) is 25.6 Å². The third-order valence-corrected chi connectivity index (χ3v) is 3.51. The van der Waals surface area contributed by atoms with Crippen LogP contribution in [0.15, 0.2) is 4.52 Å². The van der Waals surface area contributed by atoms with Gasteiger partial charge >= 0.3 is 0 Å². The summed E-state index contributed by atoms with van der Waals surface area (Å²) in [7, 11) is 0. The number of nitrogens with zero attached hydrogens (tertiary/aromatic N) is 3. The first kappa shape index (κ1) is 13.3. The summed E-state index contributed by atoms with van der Waals surface area (Å²) < 4.78 is 5.36. The molecule has 1 aliphatic rings. The fourth-order valence-electron chi connectivity index (χ4n) is 2.37. The van der Waals surface area contributed by atoms with E-state index in [4.69, 9.17) is 4.52 Å². The zero-order chi connectivity index (χ0) is 13.0. The van der Waals surface area contributed by atoms with Crippen LogP contribution in [-0.2, 0) is 6.42 Å². The lowest BCUT2D eigenvalue weighted by atomic mass is 10.0. The summed E-state index contributed by atoms with van der Waals surface area (Å²) in [5, 5.41) is 7.55. The van der Waals surface area contributed by atoms with Gasteiger partial charge in [0.05, 0.1) is 0 Å². The molecular weight excluding hydrogens is 228 g/mol. The van der Waals surface area contributed by atoms with E-state index in [1.54, 1.807) is 0 Å². The van der Waals surface area contributed by atoms with E-state index >= 15 is 0 Å². The zero-order valence-corrected chi connectivity index (χ0v) is 11.6. The lowest BCUT2D eigenvalue weighted by Crippen LogP contribution is -2.35. The number of anilines is 1. The first-order chi connectivity index (χ1) is 8.70. The molecule has 1 aromatic rings. The quantitative estimate of drug-likeness (QED) is 0.837. The molecule has 1 aromatic heterocycles. The van der Waals surface area contributed by atoms with Crippen molar-refractivity contribution in [2.45, 2.75) is 46.1 Å². The third kappa shape index (κ3) is 3.22. The van der Waals surface area contributed by atoms with Crippen molar-refractivity contribution in [3.63, 3.8) is 0 Å². The molecule has 1 aliphatic heterocycles. The molecule has 0 amide bonds. The van der Waals surface area contributed by atoms with Gasteiger partial charge in [-0.15, -0.1) is 0 Å². The second kappa shape index (κ2) is 6.18. The normalized spacial score (nSPS) is 17.7. The minimum atomic E-state index is 0.405. The average Bonchev–Trinajstić information content (AvgIpc) is 2.98. The molecule has 0 aliphatic carbocycles. The standard InChI is InChI=1S/C13H24N4O/c1-4-14-11(10(2)3)9-12-15-13(16-18-12)17-7-5-6-8-17/h10-11,14H,4-9H2,1-3H3. The van der Waals surface area contributed by atoms with Crippen LogP contribution in [0.5, 0.6) is 0 Å². The molecule has 1 atom stereocenters. The minimum absolute atomic E-state index is 0.405. The molecule has 1 saturated heterocycles. The lowest BCUT2D eigenvalue weighted by Gasteiger charge is -2.19. The van der Waals surface area contributed by atoms with E-state index in [0.29, 0.717) is 12.0 Å². The van der Waals surface area contributed by atoms with Crippen LogP contribution in [0.2, 0.25) is 0 Å². The van der Waals surface area contributed by atoms with Gasteiger partial charge in [0.25, 0.3) is 5.95 Å². The number of hydrogen-bond donors (Lipinski definition) is 1. The molecule has 0 radical (unpaired) electrons. The van der Waals surface area contributed by atoms with E-state index in [2.05, 4.69) is 41.1 Å². The Hall–Kier alpha value is -1.10. The van der Waals surface area contributed by atoms with Gasteiger partial charge in [-0.05, 0) is 30.5 Å². The maximum absolute atomic E-state index is 5.36. The minimum Gasteiger partial charge on any atom is -0.338 e. The molecule has 2 rings (SSSR count). The first-order valence-electron chi connectivity index (χ1n) is 7.01. The van der Waals surface area contributed by atoms with Crippen molar-refractivity contribution in [3.8, 4) is 0 Å². The van der Waals surface area contributed by atoms with Crippen LogP contribution in [-0.4, -0.2) is 35.8 Å². The van der Waals surface area contributed by atoms with Crippen LogP contribution < -0.4 is 10.2 Å². The molecule has 1 fully saturated rings. The summed E-state index contributed by atoms with van der Waals surface area (Å²) in [5.41, 5.74) is 0. The van der Waals surface area contributed by atoms with Crippen molar-refractivity contribution in [1.82, 2.24) is 15.5 Å². The molecule has 0 aromatic carbocycles. The van der Waals surface area contributed by atoms with Gasteiger partial charge in [-0.2, -0.15) is 4.98 Å². The van der Waals surface area contributed by atoms with Crippen molar-refractivity contribution in [2.75, 3.05) is 24.5 Å². The van der Waals surface area contributed by atoms with E-state index in [1.165, 1.54) is 12.8 Å². The molecule has 102 valence electrons. The summed E-state index contributed by atoms with van der Waals surface area (Å²) >= 11 is 0. The topological polar surface area (TPSA) is 54.2 Å². The molecule has 18 heavy (non-hydrogen) atoms. The highest BCUT2D eigenvalue weighted by Crippen LogP contribution is 2.17. The van der Waals surface area contributed by atoms with Crippen molar-refractivity contribution >= 4 is 5.95 Å². The Bertz CT molecular complexity index is 358. The Morgan fingerprint density at radius 3 is 2.67 bits per heavy atom. The monoisotopic (exact) mass is 252 g/mol. The summed E-state index contributed by atoms with van der Waals surface area (Å²) in [6.45, 7) is 9.63. The SMILES string of the molecule is CCNC(Cc1nc(N2CCCC2)no1)C(C)C. The second-order valence-corrected chi connectivity index (χ2v) is 5.29. The van der Waals surface area contributed by atoms with Gasteiger partial charge in [-0.3, -0.25) is 0 Å². The highest BCUT2D eigenvalue weighted by Gasteiger charge is 2.20. The fourth-order valence-corrected chi connectivity index (χ4v) is 2.37. The van der Waals surface area contributed by atoms with Crippen molar-refractivity contribution in [3.05, 3.63) is 5.89 Å². The molecule has 2 heterocycles. The lowest BCUT2D eigenvalue weighted by molar-refractivity contribution is 0.329. The number of nitrogens with one attached hydrogen (secondary N) is 1. The van der Waals surface area contributed by atoms with Gasteiger partial charge in [-0.1, -0.05) is 20.8 Å². The number of rotatable bonds is 6. The zero-order valence-electron chi connectivity index (χ0n) is 11.6. The van der Waals surface area contributed by atoms with E-state index < -0.39 is 0 Å². The van der Waals surface area contributed by atoms with E-state index in [0.717, 1.165) is 37.9 Å². The summed E-state index contributed by atoms with van der Waals surface area (Å²) in [4.78, 5) is 6.70. The van der Waals surface area contributed by atoms with E-state index in [1.807, 2.05) is 0 Å². The Labute approximate surface area is 109 Å². The molecule has 5 heteroatoms. The van der Waals surface area contributed by atoms with Crippen LogP contribution in [0, 0.1) is 5.92 Å². The summed E-state index contributed by atoms with van der Waals surface area (Å²) in [6, 6.07) is 0.405. The van der Waals surface area contributed by atoms with Crippen LogP contribution in [0.4, 0.5) is 5.95 Å². The number of aromatic nitrogens is 2. The van der Waals surface area contributed by atoms with Crippen LogP contribution in [0.25, 0.3) is 0 Å². The van der Waals surface area contributed by atoms with E-state index in [-0.39, 0.29) is 0 Å². The Kier molecular flexibility index (Phi) is 4.58. The van der Waals surface area contributed by atoms with Crippen LogP contribution in [0.3, 0.4) is 0 Å². The molecule has 1 unspecified atom stereocenters. The van der Waals surface area contributed by atoms with Crippen molar-refractivity contribution in [1.29, 1.82) is 0 Å². The second-order valence-electron chi connectivity index (χ2n) is 5.29.